The van der Waals surface area contributed by atoms with E-state index in [1.54, 1.807) is 24.0 Å². The van der Waals surface area contributed by atoms with E-state index in [0.717, 1.165) is 27.8 Å². The Hall–Kier alpha value is -4.77. The van der Waals surface area contributed by atoms with Crippen LogP contribution in [0.15, 0.2) is 89.4 Å². The minimum absolute atomic E-state index is 0. The molecule has 266 valence electrons. The van der Waals surface area contributed by atoms with Crippen molar-refractivity contribution in [2.45, 2.75) is 66.8 Å². The number of carbonyl (C=O) groups is 3. The number of aromatic carboxylic acids is 1. The van der Waals surface area contributed by atoms with Gasteiger partial charge in [-0.05, 0) is 100 Å². The maximum atomic E-state index is 13.8. The van der Waals surface area contributed by atoms with E-state index in [9.17, 15) is 23.2 Å². The maximum Gasteiger partial charge on any atom is 0.410 e. The molecule has 2 aliphatic rings. The van der Waals surface area contributed by atoms with E-state index in [0.29, 0.717) is 36.0 Å². The van der Waals surface area contributed by atoms with Gasteiger partial charge in [0.2, 0.25) is 0 Å². The second kappa shape index (κ2) is 17.8. The third-order valence-electron chi connectivity index (χ3n) is 8.60. The molecule has 0 saturated carbocycles. The Labute approximate surface area is 300 Å². The van der Waals surface area contributed by atoms with Gasteiger partial charge in [-0.15, -0.1) is 0 Å². The normalized spacial score (nSPS) is 15.9. The van der Waals surface area contributed by atoms with Gasteiger partial charge in [0.05, 0.1) is 22.1 Å². The van der Waals surface area contributed by atoms with Crippen LogP contribution >= 0.6 is 15.9 Å². The number of carbonyl (C=O) groups excluding carboxylic acids is 2. The Morgan fingerprint density at radius 2 is 1.14 bits per heavy atom. The second-order valence-electron chi connectivity index (χ2n) is 11.6. The highest BCUT2D eigenvalue weighted by atomic mass is 79.9. The quantitative estimate of drug-likeness (QED) is 0.218. The fraction of sp³-hybridized carbons (Fsp3) is 0.308. The molecule has 0 fully saturated rings. The summed E-state index contributed by atoms with van der Waals surface area (Å²) >= 11 is 3.21. The smallest absolute Gasteiger partial charge is 0.410 e. The molecular formula is C39H43BrF2N2O6. The van der Waals surface area contributed by atoms with Gasteiger partial charge in [-0.25, -0.2) is 23.2 Å². The number of halogens is 3. The second-order valence-corrected chi connectivity index (χ2v) is 12.5. The molecular weight excluding hydrogens is 710 g/mol. The number of fused-ring (bicyclic) bond motifs is 2. The van der Waals surface area contributed by atoms with Crippen LogP contribution in [-0.2, 0) is 35.5 Å². The predicted octanol–water partition coefficient (Wildman–Crippen LogP) is 9.90. The molecule has 2 amide bonds. The van der Waals surface area contributed by atoms with E-state index >= 15 is 0 Å². The highest BCUT2D eigenvalue weighted by Gasteiger charge is 2.31. The summed E-state index contributed by atoms with van der Waals surface area (Å²) < 4.78 is 38.7. The van der Waals surface area contributed by atoms with Crippen molar-refractivity contribution in [2.24, 2.45) is 0 Å². The first-order valence-corrected chi connectivity index (χ1v) is 16.3. The summed E-state index contributed by atoms with van der Waals surface area (Å²) in [5, 5.41) is 9.09. The molecule has 50 heavy (non-hydrogen) atoms. The van der Waals surface area contributed by atoms with Crippen LogP contribution in [-0.4, -0.2) is 46.2 Å². The Morgan fingerprint density at radius 1 is 0.720 bits per heavy atom. The summed E-state index contributed by atoms with van der Waals surface area (Å²) in [5.41, 5.74) is 4.73. The first-order valence-electron chi connectivity index (χ1n) is 15.5. The average molecular weight is 754 g/mol. The molecule has 2 unspecified atom stereocenters. The minimum atomic E-state index is -1.32. The Kier molecular flexibility index (Phi) is 14.1. The van der Waals surface area contributed by atoms with E-state index in [-0.39, 0.29) is 57.6 Å². The molecule has 11 heteroatoms. The summed E-state index contributed by atoms with van der Waals surface area (Å²) in [6.07, 6.45) is 0.275. The van der Waals surface area contributed by atoms with Crippen molar-refractivity contribution in [1.82, 2.24) is 9.80 Å². The molecule has 0 radical (unpaired) electrons. The number of nitrogens with zero attached hydrogens (tertiary/aromatic N) is 2. The number of hydrogen-bond acceptors (Lipinski definition) is 5. The lowest BCUT2D eigenvalue weighted by atomic mass is 9.91. The van der Waals surface area contributed by atoms with E-state index in [4.69, 9.17) is 14.6 Å². The van der Waals surface area contributed by atoms with Crippen molar-refractivity contribution in [2.75, 3.05) is 13.1 Å². The van der Waals surface area contributed by atoms with Crippen LogP contribution < -0.4 is 0 Å². The number of amides is 2. The van der Waals surface area contributed by atoms with Crippen molar-refractivity contribution >= 4 is 34.1 Å². The lowest BCUT2D eigenvalue weighted by Gasteiger charge is -2.34. The van der Waals surface area contributed by atoms with Crippen LogP contribution in [0, 0.1) is 11.6 Å². The van der Waals surface area contributed by atoms with Gasteiger partial charge >= 0.3 is 18.2 Å². The lowest BCUT2D eigenvalue weighted by molar-refractivity contribution is 0.0690. The van der Waals surface area contributed by atoms with Gasteiger partial charge in [-0.1, -0.05) is 75.5 Å². The summed E-state index contributed by atoms with van der Waals surface area (Å²) in [5.74, 6) is -2.34. The van der Waals surface area contributed by atoms with Crippen LogP contribution in [0.4, 0.5) is 18.4 Å². The fourth-order valence-corrected chi connectivity index (χ4v) is 6.28. The third-order valence-corrected chi connectivity index (χ3v) is 9.21. The van der Waals surface area contributed by atoms with Crippen molar-refractivity contribution in [1.29, 1.82) is 0 Å². The van der Waals surface area contributed by atoms with Gasteiger partial charge < -0.3 is 24.4 Å². The number of ether oxygens (including phenoxy) is 2. The molecule has 2 aliphatic heterocycles. The van der Waals surface area contributed by atoms with Crippen LogP contribution in [0.1, 0.15) is 84.5 Å². The Balaban J connectivity index is 0.000000261. The molecule has 0 aliphatic carbocycles. The Morgan fingerprint density at radius 3 is 1.58 bits per heavy atom. The van der Waals surface area contributed by atoms with E-state index in [2.05, 4.69) is 15.9 Å². The van der Waals surface area contributed by atoms with Crippen molar-refractivity contribution in [3.05, 3.63) is 140 Å². The maximum absolute atomic E-state index is 13.8. The highest BCUT2D eigenvalue weighted by Crippen LogP contribution is 2.34. The number of carboxylic acids is 1. The SMILES string of the molecule is C.C.CC1c2cc(Br)c(F)cc2CCN1C(=O)OCc1ccccc1.CC1c2cc(C(=O)O)c(F)cc2CCN1C(=O)OCc1ccccc1. The molecule has 0 aromatic heterocycles. The minimum Gasteiger partial charge on any atom is -0.478 e. The van der Waals surface area contributed by atoms with Gasteiger partial charge in [-0.3, -0.25) is 0 Å². The topological polar surface area (TPSA) is 96.4 Å². The third kappa shape index (κ3) is 9.26. The van der Waals surface area contributed by atoms with Crippen LogP contribution in [0.2, 0.25) is 0 Å². The molecule has 2 atom stereocenters. The zero-order valence-corrected chi connectivity index (χ0v) is 28.1. The molecule has 8 nitrogen and oxygen atoms in total. The fourth-order valence-electron chi connectivity index (χ4n) is 5.92. The number of carboxylic acid groups (broad SMARTS) is 1. The lowest BCUT2D eigenvalue weighted by Crippen LogP contribution is -2.39. The van der Waals surface area contributed by atoms with Crippen LogP contribution in [0.5, 0.6) is 0 Å². The highest BCUT2D eigenvalue weighted by molar-refractivity contribution is 9.10. The van der Waals surface area contributed by atoms with Crippen LogP contribution in [0.25, 0.3) is 0 Å². The van der Waals surface area contributed by atoms with E-state index in [1.165, 1.54) is 17.0 Å². The van der Waals surface area contributed by atoms with Gasteiger partial charge in [0.25, 0.3) is 0 Å². The van der Waals surface area contributed by atoms with E-state index < -0.39 is 17.9 Å². The molecule has 2 heterocycles. The molecule has 4 aromatic rings. The van der Waals surface area contributed by atoms with Gasteiger partial charge in [0.1, 0.15) is 24.8 Å². The zero-order chi connectivity index (χ0) is 34.4. The molecule has 0 spiro atoms. The first-order chi connectivity index (χ1) is 23.0. The van der Waals surface area contributed by atoms with Crippen molar-refractivity contribution < 1.29 is 37.7 Å². The number of hydrogen-bond donors (Lipinski definition) is 1. The van der Waals surface area contributed by atoms with E-state index in [1.807, 2.05) is 67.6 Å². The molecule has 0 saturated heterocycles. The van der Waals surface area contributed by atoms with Gasteiger partial charge in [-0.2, -0.15) is 0 Å². The van der Waals surface area contributed by atoms with Crippen LogP contribution in [0.3, 0.4) is 0 Å². The zero-order valence-electron chi connectivity index (χ0n) is 26.5. The monoisotopic (exact) mass is 752 g/mol. The summed E-state index contributed by atoms with van der Waals surface area (Å²) in [4.78, 5) is 39.1. The average Bonchev–Trinajstić information content (AvgIpc) is 3.08. The summed E-state index contributed by atoms with van der Waals surface area (Å²) in [7, 11) is 0. The molecule has 6 rings (SSSR count). The van der Waals surface area contributed by atoms with Crippen molar-refractivity contribution in [3.8, 4) is 0 Å². The molecule has 4 aromatic carbocycles. The Bertz CT molecular complexity index is 1790. The largest absolute Gasteiger partial charge is 0.478 e. The number of rotatable bonds is 5. The van der Waals surface area contributed by atoms with Gasteiger partial charge in [0.15, 0.2) is 0 Å². The summed E-state index contributed by atoms with van der Waals surface area (Å²) in [6.45, 7) is 5.07. The predicted molar refractivity (Wildman–Crippen MR) is 192 cm³/mol. The standard InChI is InChI=1S/C19H18FNO4.C18H17BrFNO2.2CH4/c1-12-15-10-16(18(22)23)17(20)9-14(15)7-8-21(12)19(24)25-11-13-5-3-2-4-6-13;1-12-15-10-16(19)17(20)9-14(15)7-8-21(12)18(22)23-11-13-5-3-2-4-6-13;;/h2-6,9-10,12H,7-8,11H2,1H3,(H,22,23);2-6,9-10,12H,7-8,11H2,1H3;2*1H4. The van der Waals surface area contributed by atoms with Crippen molar-refractivity contribution in [3.63, 3.8) is 0 Å². The van der Waals surface area contributed by atoms with Gasteiger partial charge in [0, 0.05) is 13.1 Å². The molecule has 1 N–H and O–H groups in total. The first kappa shape index (κ1) is 39.7. The number of benzene rings is 4. The molecule has 0 bridgehead atoms. The summed E-state index contributed by atoms with van der Waals surface area (Å²) in [6, 6.07) is 24.3.